The van der Waals surface area contributed by atoms with E-state index in [9.17, 15) is 0 Å². The highest BCUT2D eigenvalue weighted by molar-refractivity contribution is 7.11. The molecule has 0 aliphatic rings. The van der Waals surface area contributed by atoms with E-state index < -0.39 is 0 Å². The monoisotopic (exact) mass is 221 g/mol. The normalized spacial score (nSPS) is 10.8. The van der Waals surface area contributed by atoms with Crippen LogP contribution in [-0.2, 0) is 20.1 Å². The summed E-state index contributed by atoms with van der Waals surface area (Å²) in [6.45, 7) is 3.82. The van der Waals surface area contributed by atoms with Gasteiger partial charge >= 0.3 is 0 Å². The van der Waals surface area contributed by atoms with E-state index in [1.807, 2.05) is 6.20 Å². The van der Waals surface area contributed by atoms with Gasteiger partial charge in [0.25, 0.3) is 0 Å². The molecule has 0 saturated heterocycles. The van der Waals surface area contributed by atoms with Gasteiger partial charge in [0, 0.05) is 43.1 Å². The van der Waals surface area contributed by atoms with E-state index in [0.29, 0.717) is 0 Å². The molecule has 0 fully saturated rings. The molecule has 0 atom stereocenters. The first-order valence-corrected chi connectivity index (χ1v) is 5.79. The maximum absolute atomic E-state index is 4.31. The van der Waals surface area contributed by atoms with E-state index in [1.54, 1.807) is 11.3 Å². The Bertz CT molecular complexity index is 430. The smallest absolute Gasteiger partial charge is 0.107 e. The zero-order chi connectivity index (χ0) is 10.7. The Morgan fingerprint density at radius 2 is 2.33 bits per heavy atom. The molecular formula is C11H15N3S. The Morgan fingerprint density at radius 3 is 2.93 bits per heavy atom. The fourth-order valence-electron chi connectivity index (χ4n) is 1.46. The van der Waals surface area contributed by atoms with E-state index in [4.69, 9.17) is 0 Å². The lowest BCUT2D eigenvalue weighted by Gasteiger charge is -2.03. The molecule has 0 aliphatic carbocycles. The molecule has 15 heavy (non-hydrogen) atoms. The molecule has 2 aromatic heterocycles. The summed E-state index contributed by atoms with van der Waals surface area (Å²) in [5.41, 5.74) is 1.29. The molecule has 2 rings (SSSR count). The molecule has 3 nitrogen and oxygen atoms in total. The Balaban J connectivity index is 1.83. The first kappa shape index (κ1) is 10.4. The predicted molar refractivity (Wildman–Crippen MR) is 62.8 cm³/mol. The molecule has 0 unspecified atom stereocenters. The third-order valence-electron chi connectivity index (χ3n) is 2.30. The number of thiazole rings is 1. The van der Waals surface area contributed by atoms with Gasteiger partial charge in [-0.3, -0.25) is 0 Å². The summed E-state index contributed by atoms with van der Waals surface area (Å²) in [5, 5.41) is 4.54. The van der Waals surface area contributed by atoms with Crippen LogP contribution in [0.25, 0.3) is 0 Å². The molecule has 0 saturated carbocycles. The van der Waals surface area contributed by atoms with Gasteiger partial charge in [0.1, 0.15) is 5.01 Å². The van der Waals surface area contributed by atoms with Crippen molar-refractivity contribution in [1.82, 2.24) is 14.9 Å². The zero-order valence-electron chi connectivity index (χ0n) is 9.03. The SMILES string of the molecule is Cc1cnc(CNCc2cccn2C)s1. The number of nitrogens with one attached hydrogen (secondary N) is 1. The summed E-state index contributed by atoms with van der Waals surface area (Å²) in [6, 6.07) is 4.19. The predicted octanol–water partition coefficient (Wildman–Crippen LogP) is 2.08. The quantitative estimate of drug-likeness (QED) is 0.856. The minimum Gasteiger partial charge on any atom is -0.353 e. The standard InChI is InChI=1S/C11H15N3S/c1-9-6-13-11(15-9)8-12-7-10-4-3-5-14(10)2/h3-6,12H,7-8H2,1-2H3. The van der Waals surface area contributed by atoms with Gasteiger partial charge < -0.3 is 9.88 Å². The van der Waals surface area contributed by atoms with Crippen molar-refractivity contribution in [3.05, 3.63) is 40.1 Å². The molecule has 0 aliphatic heterocycles. The first-order valence-electron chi connectivity index (χ1n) is 4.98. The van der Waals surface area contributed by atoms with Crippen LogP contribution in [0.5, 0.6) is 0 Å². The summed E-state index contributed by atoms with van der Waals surface area (Å²) >= 11 is 1.75. The molecule has 2 aromatic rings. The van der Waals surface area contributed by atoms with Crippen molar-refractivity contribution in [2.45, 2.75) is 20.0 Å². The average molecular weight is 221 g/mol. The number of hydrogen-bond donors (Lipinski definition) is 1. The minimum atomic E-state index is 0.851. The molecular weight excluding hydrogens is 206 g/mol. The number of nitrogens with zero attached hydrogens (tertiary/aromatic N) is 2. The van der Waals surface area contributed by atoms with E-state index >= 15 is 0 Å². The Hall–Kier alpha value is -1.13. The Labute approximate surface area is 93.8 Å². The number of aromatic nitrogens is 2. The molecule has 2 heterocycles. The van der Waals surface area contributed by atoms with Crippen LogP contribution in [0, 0.1) is 6.92 Å². The molecule has 80 valence electrons. The first-order chi connectivity index (χ1) is 7.25. The fraction of sp³-hybridized carbons (Fsp3) is 0.364. The molecule has 0 amide bonds. The van der Waals surface area contributed by atoms with Gasteiger partial charge in [-0.1, -0.05) is 0 Å². The summed E-state index contributed by atoms with van der Waals surface area (Å²) in [5.74, 6) is 0. The second kappa shape index (κ2) is 4.59. The Morgan fingerprint density at radius 1 is 1.47 bits per heavy atom. The third kappa shape index (κ3) is 2.67. The molecule has 4 heteroatoms. The van der Waals surface area contributed by atoms with Crippen LogP contribution in [0.2, 0.25) is 0 Å². The van der Waals surface area contributed by atoms with Gasteiger partial charge in [0.2, 0.25) is 0 Å². The number of rotatable bonds is 4. The highest BCUT2D eigenvalue weighted by Gasteiger charge is 1.99. The van der Waals surface area contributed by atoms with Crippen LogP contribution in [-0.4, -0.2) is 9.55 Å². The van der Waals surface area contributed by atoms with E-state index in [2.05, 4.69) is 47.2 Å². The lowest BCUT2D eigenvalue weighted by Crippen LogP contribution is -2.14. The van der Waals surface area contributed by atoms with Crippen molar-refractivity contribution in [2.75, 3.05) is 0 Å². The van der Waals surface area contributed by atoms with Gasteiger partial charge in [-0.2, -0.15) is 0 Å². The maximum Gasteiger partial charge on any atom is 0.107 e. The largest absolute Gasteiger partial charge is 0.353 e. The third-order valence-corrected chi connectivity index (χ3v) is 3.22. The Kier molecular flexibility index (Phi) is 3.18. The number of hydrogen-bond acceptors (Lipinski definition) is 3. The summed E-state index contributed by atoms with van der Waals surface area (Å²) in [4.78, 5) is 5.58. The van der Waals surface area contributed by atoms with Gasteiger partial charge in [-0.05, 0) is 19.1 Å². The van der Waals surface area contributed by atoms with Crippen molar-refractivity contribution in [1.29, 1.82) is 0 Å². The summed E-state index contributed by atoms with van der Waals surface area (Å²) in [6.07, 6.45) is 3.98. The van der Waals surface area contributed by atoms with Crippen LogP contribution in [0.1, 0.15) is 15.6 Å². The molecule has 0 spiro atoms. The minimum absolute atomic E-state index is 0.851. The second-order valence-electron chi connectivity index (χ2n) is 3.58. The van der Waals surface area contributed by atoms with Crippen molar-refractivity contribution in [2.24, 2.45) is 7.05 Å². The molecule has 0 aromatic carbocycles. The second-order valence-corrected chi connectivity index (χ2v) is 4.90. The van der Waals surface area contributed by atoms with Gasteiger partial charge in [0.15, 0.2) is 0 Å². The highest BCUT2D eigenvalue weighted by atomic mass is 32.1. The van der Waals surface area contributed by atoms with E-state index in [1.165, 1.54) is 10.6 Å². The molecule has 0 bridgehead atoms. The maximum atomic E-state index is 4.31. The van der Waals surface area contributed by atoms with Gasteiger partial charge in [-0.15, -0.1) is 11.3 Å². The summed E-state index contributed by atoms with van der Waals surface area (Å²) < 4.78 is 2.13. The van der Waals surface area contributed by atoms with Crippen molar-refractivity contribution in [3.8, 4) is 0 Å². The van der Waals surface area contributed by atoms with Crippen molar-refractivity contribution < 1.29 is 0 Å². The topological polar surface area (TPSA) is 29.9 Å². The van der Waals surface area contributed by atoms with Crippen molar-refractivity contribution in [3.63, 3.8) is 0 Å². The fourth-order valence-corrected chi connectivity index (χ4v) is 2.22. The highest BCUT2D eigenvalue weighted by Crippen LogP contribution is 2.10. The van der Waals surface area contributed by atoms with Crippen LogP contribution >= 0.6 is 11.3 Å². The average Bonchev–Trinajstić information content (AvgIpc) is 2.77. The molecule has 0 radical (unpaired) electrons. The van der Waals surface area contributed by atoms with E-state index in [0.717, 1.165) is 18.1 Å². The molecule has 1 N–H and O–H groups in total. The van der Waals surface area contributed by atoms with Crippen molar-refractivity contribution >= 4 is 11.3 Å². The zero-order valence-corrected chi connectivity index (χ0v) is 9.84. The number of aryl methyl sites for hydroxylation is 2. The van der Waals surface area contributed by atoms with Crippen LogP contribution in [0.4, 0.5) is 0 Å². The lowest BCUT2D eigenvalue weighted by atomic mass is 10.4. The lowest BCUT2D eigenvalue weighted by molar-refractivity contribution is 0.653. The van der Waals surface area contributed by atoms with Crippen LogP contribution in [0.15, 0.2) is 24.5 Å². The van der Waals surface area contributed by atoms with Crippen LogP contribution < -0.4 is 5.32 Å². The van der Waals surface area contributed by atoms with Crippen LogP contribution in [0.3, 0.4) is 0 Å². The van der Waals surface area contributed by atoms with Gasteiger partial charge in [-0.25, -0.2) is 4.98 Å². The van der Waals surface area contributed by atoms with E-state index in [-0.39, 0.29) is 0 Å². The summed E-state index contributed by atoms with van der Waals surface area (Å²) in [7, 11) is 2.06. The van der Waals surface area contributed by atoms with Gasteiger partial charge in [0.05, 0.1) is 0 Å².